The van der Waals surface area contributed by atoms with E-state index < -0.39 is 0 Å². The molecule has 3 rings (SSSR count). The van der Waals surface area contributed by atoms with E-state index in [1.165, 1.54) is 17.1 Å². The molecule has 2 heterocycles. The Bertz CT molecular complexity index is 459. The molecule has 0 saturated heterocycles. The van der Waals surface area contributed by atoms with E-state index in [0.29, 0.717) is 0 Å². The summed E-state index contributed by atoms with van der Waals surface area (Å²) in [6, 6.07) is 10.4. The van der Waals surface area contributed by atoms with Gasteiger partial charge in [-0.3, -0.25) is 0 Å². The Morgan fingerprint density at radius 1 is 1.20 bits per heavy atom. The molecule has 0 bridgehead atoms. The molecule has 1 aliphatic rings. The average molecular weight is 199 g/mol. The van der Waals surface area contributed by atoms with Crippen LogP contribution in [0.25, 0.3) is 5.69 Å². The van der Waals surface area contributed by atoms with Crippen LogP contribution in [0.4, 0.5) is 0 Å². The fraction of sp³-hybridized carbons (Fsp3) is 0.250. The summed E-state index contributed by atoms with van der Waals surface area (Å²) >= 11 is 0. The van der Waals surface area contributed by atoms with Crippen LogP contribution in [-0.2, 0) is 13.0 Å². The maximum atomic E-state index is 4.43. The second-order valence-electron chi connectivity index (χ2n) is 3.77. The van der Waals surface area contributed by atoms with Gasteiger partial charge in [-0.1, -0.05) is 18.2 Å². The summed E-state index contributed by atoms with van der Waals surface area (Å²) in [5, 5.41) is 3.33. The summed E-state index contributed by atoms with van der Waals surface area (Å²) in [6.07, 6.45) is 2.98. The van der Waals surface area contributed by atoms with Crippen LogP contribution in [0.5, 0.6) is 0 Å². The highest BCUT2D eigenvalue weighted by Gasteiger charge is 2.14. The first-order chi connectivity index (χ1) is 7.45. The van der Waals surface area contributed by atoms with Crippen LogP contribution >= 0.6 is 0 Å². The second-order valence-corrected chi connectivity index (χ2v) is 3.77. The molecule has 2 aromatic rings. The zero-order valence-corrected chi connectivity index (χ0v) is 8.48. The van der Waals surface area contributed by atoms with Crippen molar-refractivity contribution in [3.63, 3.8) is 0 Å². The first-order valence-electron chi connectivity index (χ1n) is 5.26. The normalized spacial score (nSPS) is 14.9. The maximum Gasteiger partial charge on any atom is 0.0998 e. The zero-order valence-electron chi connectivity index (χ0n) is 8.48. The van der Waals surface area contributed by atoms with Crippen molar-refractivity contribution in [3.05, 3.63) is 48.0 Å². The van der Waals surface area contributed by atoms with E-state index in [9.17, 15) is 0 Å². The van der Waals surface area contributed by atoms with Gasteiger partial charge in [-0.15, -0.1) is 0 Å². The maximum absolute atomic E-state index is 4.43. The van der Waals surface area contributed by atoms with E-state index in [1.807, 2.05) is 12.4 Å². The third kappa shape index (κ3) is 1.45. The molecule has 1 aromatic heterocycles. The summed E-state index contributed by atoms with van der Waals surface area (Å²) in [6.45, 7) is 1.95. The van der Waals surface area contributed by atoms with Crippen LogP contribution in [-0.4, -0.2) is 16.1 Å². The van der Waals surface area contributed by atoms with Gasteiger partial charge in [0.2, 0.25) is 0 Å². The Morgan fingerprint density at radius 3 is 2.93 bits per heavy atom. The quantitative estimate of drug-likeness (QED) is 0.754. The molecule has 1 N–H and O–H groups in total. The minimum atomic E-state index is 0.898. The molecular weight excluding hydrogens is 186 g/mol. The van der Waals surface area contributed by atoms with Crippen molar-refractivity contribution in [3.8, 4) is 5.69 Å². The molecule has 3 heteroatoms. The lowest BCUT2D eigenvalue weighted by molar-refractivity contribution is 0.620. The van der Waals surface area contributed by atoms with Gasteiger partial charge in [0.25, 0.3) is 0 Å². The van der Waals surface area contributed by atoms with Gasteiger partial charge in [0.1, 0.15) is 0 Å². The van der Waals surface area contributed by atoms with E-state index in [2.05, 4.69) is 39.1 Å². The lowest BCUT2D eigenvalue weighted by Gasteiger charge is -2.14. The predicted octanol–water partition coefficient (Wildman–Crippen LogP) is 1.52. The Morgan fingerprint density at radius 2 is 2.07 bits per heavy atom. The molecular formula is C12H13N3. The van der Waals surface area contributed by atoms with Crippen molar-refractivity contribution < 1.29 is 0 Å². The number of fused-ring (bicyclic) bond motifs is 1. The molecule has 3 nitrogen and oxygen atoms in total. The summed E-state index contributed by atoms with van der Waals surface area (Å²) in [4.78, 5) is 4.43. The van der Waals surface area contributed by atoms with Crippen LogP contribution in [0.15, 0.2) is 36.7 Å². The monoisotopic (exact) mass is 199 g/mol. The summed E-state index contributed by atoms with van der Waals surface area (Å²) in [5.41, 5.74) is 3.73. The van der Waals surface area contributed by atoms with Crippen molar-refractivity contribution in [2.24, 2.45) is 0 Å². The molecule has 1 aromatic carbocycles. The standard InChI is InChI=1S/C12H13N3/c1-2-4-10(5-3-1)15-9-14-11-8-13-7-6-12(11)15/h1-5,9,13H,6-8H2. The number of benzene rings is 1. The molecule has 0 unspecified atom stereocenters. The molecule has 76 valence electrons. The summed E-state index contributed by atoms with van der Waals surface area (Å²) in [7, 11) is 0. The van der Waals surface area contributed by atoms with Crippen molar-refractivity contribution >= 4 is 0 Å². The van der Waals surface area contributed by atoms with Crippen LogP contribution in [0, 0.1) is 0 Å². The van der Waals surface area contributed by atoms with E-state index in [1.54, 1.807) is 0 Å². The van der Waals surface area contributed by atoms with E-state index >= 15 is 0 Å². The van der Waals surface area contributed by atoms with Crippen molar-refractivity contribution in [1.29, 1.82) is 0 Å². The van der Waals surface area contributed by atoms with Gasteiger partial charge in [-0.2, -0.15) is 0 Å². The smallest absolute Gasteiger partial charge is 0.0998 e. The van der Waals surface area contributed by atoms with Crippen LogP contribution < -0.4 is 5.32 Å². The summed E-state index contributed by atoms with van der Waals surface area (Å²) < 4.78 is 2.19. The highest BCUT2D eigenvalue weighted by Crippen LogP contribution is 2.17. The van der Waals surface area contributed by atoms with E-state index in [-0.39, 0.29) is 0 Å². The fourth-order valence-electron chi connectivity index (χ4n) is 2.05. The van der Waals surface area contributed by atoms with Crippen LogP contribution in [0.3, 0.4) is 0 Å². The predicted molar refractivity (Wildman–Crippen MR) is 59.0 cm³/mol. The minimum absolute atomic E-state index is 0.898. The molecule has 0 aliphatic carbocycles. The van der Waals surface area contributed by atoms with Gasteiger partial charge < -0.3 is 9.88 Å². The fourth-order valence-corrected chi connectivity index (χ4v) is 2.05. The number of imidazole rings is 1. The lowest BCUT2D eigenvalue weighted by Crippen LogP contribution is -2.24. The van der Waals surface area contributed by atoms with Crippen LogP contribution in [0.1, 0.15) is 11.4 Å². The largest absolute Gasteiger partial charge is 0.311 e. The molecule has 1 aliphatic heterocycles. The number of para-hydroxylation sites is 1. The number of rotatable bonds is 1. The van der Waals surface area contributed by atoms with Gasteiger partial charge in [0.15, 0.2) is 0 Å². The Balaban J connectivity index is 2.09. The number of hydrogen-bond donors (Lipinski definition) is 1. The Kier molecular flexibility index (Phi) is 2.03. The van der Waals surface area contributed by atoms with Gasteiger partial charge >= 0.3 is 0 Å². The third-order valence-corrected chi connectivity index (χ3v) is 2.82. The molecule has 0 spiro atoms. The topological polar surface area (TPSA) is 29.9 Å². The number of hydrogen-bond acceptors (Lipinski definition) is 2. The van der Waals surface area contributed by atoms with Gasteiger partial charge in [-0.25, -0.2) is 4.98 Å². The third-order valence-electron chi connectivity index (χ3n) is 2.82. The number of aromatic nitrogens is 2. The SMILES string of the molecule is c1ccc(-n2cnc3c2CCNC3)cc1. The van der Waals surface area contributed by atoms with E-state index in [0.717, 1.165) is 19.5 Å². The molecule has 0 saturated carbocycles. The van der Waals surface area contributed by atoms with Gasteiger partial charge in [0, 0.05) is 30.9 Å². The number of nitrogens with one attached hydrogen (secondary N) is 1. The first-order valence-corrected chi connectivity index (χ1v) is 5.26. The van der Waals surface area contributed by atoms with Crippen LogP contribution in [0.2, 0.25) is 0 Å². The minimum Gasteiger partial charge on any atom is -0.311 e. The number of nitrogens with zero attached hydrogens (tertiary/aromatic N) is 2. The molecule has 15 heavy (non-hydrogen) atoms. The zero-order chi connectivity index (χ0) is 10.1. The Hall–Kier alpha value is -1.61. The highest BCUT2D eigenvalue weighted by atomic mass is 15.1. The molecule has 0 fully saturated rings. The molecule has 0 amide bonds. The Labute approximate surface area is 88.8 Å². The molecule has 0 atom stereocenters. The second kappa shape index (κ2) is 3.51. The van der Waals surface area contributed by atoms with Crippen molar-refractivity contribution in [2.75, 3.05) is 6.54 Å². The lowest BCUT2D eigenvalue weighted by atomic mass is 10.2. The highest BCUT2D eigenvalue weighted by molar-refractivity contribution is 5.35. The van der Waals surface area contributed by atoms with E-state index in [4.69, 9.17) is 0 Å². The average Bonchev–Trinajstić information content (AvgIpc) is 2.74. The van der Waals surface area contributed by atoms with Crippen molar-refractivity contribution in [2.45, 2.75) is 13.0 Å². The van der Waals surface area contributed by atoms with Gasteiger partial charge in [0.05, 0.1) is 12.0 Å². The van der Waals surface area contributed by atoms with Gasteiger partial charge in [-0.05, 0) is 12.1 Å². The first kappa shape index (κ1) is 8.68. The van der Waals surface area contributed by atoms with Crippen molar-refractivity contribution in [1.82, 2.24) is 14.9 Å². The summed E-state index contributed by atoms with van der Waals surface area (Å²) in [5.74, 6) is 0. The molecule has 0 radical (unpaired) electrons.